The highest BCUT2D eigenvalue weighted by atomic mass is 127. The van der Waals surface area contributed by atoms with Crippen LogP contribution in [0.15, 0.2) is 36.4 Å². The molecule has 2 rings (SSSR count). The number of benzene rings is 2. The smallest absolute Gasteiger partial charge is 0.198 e. The Morgan fingerprint density at radius 2 is 1.71 bits per heavy atom. The van der Waals surface area contributed by atoms with E-state index in [2.05, 4.69) is 22.6 Å². The summed E-state index contributed by atoms with van der Waals surface area (Å²) in [5.41, 5.74) is 5.33. The predicted octanol–water partition coefficient (Wildman–Crippen LogP) is 3.94. The second-order valence-corrected chi connectivity index (χ2v) is 4.62. The highest BCUT2D eigenvalue weighted by Crippen LogP contribution is 2.29. The van der Waals surface area contributed by atoms with E-state index in [0.717, 1.165) is 15.7 Å². The summed E-state index contributed by atoms with van der Waals surface area (Å²) in [6, 6.07) is 8.93. The van der Waals surface area contributed by atoms with Gasteiger partial charge in [0.25, 0.3) is 0 Å². The number of rotatable bonds is 2. The van der Waals surface area contributed by atoms with E-state index in [0.29, 0.717) is 5.75 Å². The quantitative estimate of drug-likeness (QED) is 0.660. The van der Waals surface area contributed by atoms with Crippen LogP contribution in [-0.4, -0.2) is 0 Å². The van der Waals surface area contributed by atoms with Gasteiger partial charge in [0.2, 0.25) is 0 Å². The summed E-state index contributed by atoms with van der Waals surface area (Å²) in [5.74, 6) is -1.71. The summed E-state index contributed by atoms with van der Waals surface area (Å²) >= 11 is 2.08. The fourth-order valence-electron chi connectivity index (χ4n) is 1.33. The Morgan fingerprint density at radius 3 is 2.29 bits per heavy atom. The Bertz CT molecular complexity index is 537. The van der Waals surface area contributed by atoms with Crippen LogP contribution in [0, 0.1) is 15.2 Å². The molecule has 17 heavy (non-hydrogen) atoms. The molecule has 2 aromatic carbocycles. The molecule has 88 valence electrons. The third-order valence-electron chi connectivity index (χ3n) is 2.04. The number of ether oxygens (including phenoxy) is 1. The molecule has 2 N–H and O–H groups in total. The molecule has 0 aliphatic carbocycles. The zero-order valence-corrected chi connectivity index (χ0v) is 10.7. The van der Waals surface area contributed by atoms with E-state index >= 15 is 0 Å². The maximum absolute atomic E-state index is 13.5. The first kappa shape index (κ1) is 12.1. The van der Waals surface area contributed by atoms with Gasteiger partial charge in [0.1, 0.15) is 5.75 Å². The van der Waals surface area contributed by atoms with Crippen LogP contribution in [-0.2, 0) is 0 Å². The van der Waals surface area contributed by atoms with Gasteiger partial charge in [-0.1, -0.05) is 6.07 Å². The molecule has 5 heteroatoms. The molecule has 0 saturated carbocycles. The molecule has 0 atom stereocenters. The summed E-state index contributed by atoms with van der Waals surface area (Å²) in [6.45, 7) is 0. The SMILES string of the molecule is Nc1cc(F)c(Oc2cccc(I)c2)c(F)c1. The third kappa shape index (κ3) is 2.85. The van der Waals surface area contributed by atoms with E-state index in [9.17, 15) is 8.78 Å². The molecular formula is C12H8F2INO. The topological polar surface area (TPSA) is 35.2 Å². The molecular weight excluding hydrogens is 339 g/mol. The summed E-state index contributed by atoms with van der Waals surface area (Å²) in [4.78, 5) is 0. The van der Waals surface area contributed by atoms with Crippen molar-refractivity contribution in [3.8, 4) is 11.5 Å². The minimum Gasteiger partial charge on any atom is -0.451 e. The van der Waals surface area contributed by atoms with Crippen molar-refractivity contribution in [3.63, 3.8) is 0 Å². The second-order valence-electron chi connectivity index (χ2n) is 3.37. The van der Waals surface area contributed by atoms with Gasteiger partial charge in [-0.05, 0) is 40.8 Å². The van der Waals surface area contributed by atoms with Crippen LogP contribution in [0.2, 0.25) is 0 Å². The van der Waals surface area contributed by atoms with Gasteiger partial charge in [0.15, 0.2) is 17.4 Å². The Hall–Kier alpha value is -1.37. The molecule has 0 saturated heterocycles. The lowest BCUT2D eigenvalue weighted by Crippen LogP contribution is -1.95. The number of nitrogens with two attached hydrogens (primary N) is 1. The second kappa shape index (κ2) is 4.87. The van der Waals surface area contributed by atoms with Crippen molar-refractivity contribution in [1.82, 2.24) is 0 Å². The van der Waals surface area contributed by atoms with Gasteiger partial charge in [-0.3, -0.25) is 0 Å². The lowest BCUT2D eigenvalue weighted by atomic mass is 10.2. The molecule has 0 aliphatic heterocycles. The minimum absolute atomic E-state index is 0.0231. The average molecular weight is 347 g/mol. The highest BCUT2D eigenvalue weighted by Gasteiger charge is 2.12. The van der Waals surface area contributed by atoms with Crippen LogP contribution in [0.3, 0.4) is 0 Å². The zero-order chi connectivity index (χ0) is 12.4. The van der Waals surface area contributed by atoms with Crippen molar-refractivity contribution in [3.05, 3.63) is 51.6 Å². The van der Waals surface area contributed by atoms with Gasteiger partial charge in [-0.2, -0.15) is 0 Å². The standard InChI is InChI=1S/C12H8F2INO/c13-10-5-8(16)6-11(14)12(10)17-9-3-1-2-7(15)4-9/h1-6H,16H2. The maximum atomic E-state index is 13.5. The number of hydrogen-bond acceptors (Lipinski definition) is 2. The van der Waals surface area contributed by atoms with E-state index in [1.54, 1.807) is 18.2 Å². The number of anilines is 1. The van der Waals surface area contributed by atoms with Gasteiger partial charge in [0.05, 0.1) is 0 Å². The maximum Gasteiger partial charge on any atom is 0.198 e. The molecule has 0 aliphatic rings. The lowest BCUT2D eigenvalue weighted by molar-refractivity contribution is 0.407. The van der Waals surface area contributed by atoms with Crippen LogP contribution in [0.4, 0.5) is 14.5 Å². The van der Waals surface area contributed by atoms with Crippen molar-refractivity contribution < 1.29 is 13.5 Å². The fourth-order valence-corrected chi connectivity index (χ4v) is 1.84. The Balaban J connectivity index is 2.36. The highest BCUT2D eigenvalue weighted by molar-refractivity contribution is 14.1. The molecule has 2 nitrogen and oxygen atoms in total. The average Bonchev–Trinajstić information content (AvgIpc) is 2.23. The van der Waals surface area contributed by atoms with Crippen LogP contribution in [0.25, 0.3) is 0 Å². The van der Waals surface area contributed by atoms with Crippen molar-refractivity contribution in [2.75, 3.05) is 5.73 Å². The summed E-state index contributed by atoms with van der Waals surface area (Å²) in [7, 11) is 0. The first-order valence-corrected chi connectivity index (χ1v) is 5.82. The predicted molar refractivity (Wildman–Crippen MR) is 70.0 cm³/mol. The molecule has 0 bridgehead atoms. The van der Waals surface area contributed by atoms with Crippen molar-refractivity contribution in [2.45, 2.75) is 0 Å². The zero-order valence-electron chi connectivity index (χ0n) is 8.58. The molecule has 0 heterocycles. The Labute approximate surface area is 111 Å². The third-order valence-corrected chi connectivity index (χ3v) is 2.71. The van der Waals surface area contributed by atoms with Crippen molar-refractivity contribution in [1.29, 1.82) is 0 Å². The number of halogens is 3. The monoisotopic (exact) mass is 347 g/mol. The number of hydrogen-bond donors (Lipinski definition) is 1. The van der Waals surface area contributed by atoms with Crippen molar-refractivity contribution >= 4 is 28.3 Å². The van der Waals surface area contributed by atoms with Gasteiger partial charge in [0, 0.05) is 21.4 Å². The molecule has 0 aromatic heterocycles. The Kier molecular flexibility index (Phi) is 3.46. The first-order chi connectivity index (χ1) is 8.06. The molecule has 2 aromatic rings. The summed E-state index contributed by atoms with van der Waals surface area (Å²) in [6.07, 6.45) is 0. The molecule has 0 amide bonds. The van der Waals surface area contributed by atoms with E-state index < -0.39 is 17.4 Å². The van der Waals surface area contributed by atoms with E-state index in [-0.39, 0.29) is 5.69 Å². The molecule has 0 unspecified atom stereocenters. The van der Waals surface area contributed by atoms with Gasteiger partial charge in [-0.25, -0.2) is 8.78 Å². The van der Waals surface area contributed by atoms with Crippen LogP contribution in [0.1, 0.15) is 0 Å². The normalized spacial score (nSPS) is 10.3. The number of nitrogen functional groups attached to an aromatic ring is 1. The summed E-state index contributed by atoms with van der Waals surface area (Å²) in [5, 5.41) is 0. The van der Waals surface area contributed by atoms with Crippen LogP contribution < -0.4 is 10.5 Å². The van der Waals surface area contributed by atoms with Crippen LogP contribution >= 0.6 is 22.6 Å². The lowest BCUT2D eigenvalue weighted by Gasteiger charge is -2.08. The van der Waals surface area contributed by atoms with Gasteiger partial charge in [-0.15, -0.1) is 0 Å². The van der Waals surface area contributed by atoms with E-state index in [1.165, 1.54) is 0 Å². The molecule has 0 radical (unpaired) electrons. The van der Waals surface area contributed by atoms with Gasteiger partial charge < -0.3 is 10.5 Å². The van der Waals surface area contributed by atoms with Crippen molar-refractivity contribution in [2.24, 2.45) is 0 Å². The molecule has 0 fully saturated rings. The molecule has 0 spiro atoms. The minimum atomic E-state index is -0.818. The Morgan fingerprint density at radius 1 is 1.06 bits per heavy atom. The fraction of sp³-hybridized carbons (Fsp3) is 0. The largest absolute Gasteiger partial charge is 0.451 e. The first-order valence-electron chi connectivity index (χ1n) is 4.74. The summed E-state index contributed by atoms with van der Waals surface area (Å²) < 4.78 is 33.0. The van der Waals surface area contributed by atoms with Gasteiger partial charge >= 0.3 is 0 Å². The van der Waals surface area contributed by atoms with E-state index in [1.807, 2.05) is 6.07 Å². The van der Waals surface area contributed by atoms with Crippen LogP contribution in [0.5, 0.6) is 11.5 Å². The van der Waals surface area contributed by atoms with E-state index in [4.69, 9.17) is 10.5 Å².